The normalized spacial score (nSPS) is 19.9. The lowest BCUT2D eigenvalue weighted by atomic mass is 9.83. The highest BCUT2D eigenvalue weighted by atomic mass is 32.1. The first-order valence-corrected chi connectivity index (χ1v) is 11.6. The largest absolute Gasteiger partial charge is 0.336 e. The summed E-state index contributed by atoms with van der Waals surface area (Å²) in [6, 6.07) is 18.1. The molecule has 7 heteroatoms. The van der Waals surface area contributed by atoms with Crippen LogP contribution in [-0.2, 0) is 11.3 Å². The summed E-state index contributed by atoms with van der Waals surface area (Å²) < 4.78 is 1.85. The predicted octanol–water partition coefficient (Wildman–Crippen LogP) is 3.33. The number of aromatic nitrogens is 1. The van der Waals surface area contributed by atoms with Gasteiger partial charge in [0.1, 0.15) is 5.70 Å². The molecule has 2 unspecified atom stereocenters. The summed E-state index contributed by atoms with van der Waals surface area (Å²) in [6.45, 7) is 1.72. The molecule has 1 aromatic carbocycles. The number of rotatable bonds is 4. The molecule has 0 saturated carbocycles. The number of carbonyl (C=O) groups is 2. The Morgan fingerprint density at radius 3 is 2.59 bits per heavy atom. The third kappa shape index (κ3) is 4.03. The number of fused-ring (bicyclic) bond motifs is 4. The second kappa shape index (κ2) is 8.59. The molecule has 2 aliphatic rings. The standard InChI is InChI=1S/C25H23N3O3S/c29-23-10-4-9-22-19-12-17(15-28(22)23)14-27(16-19)25(31)21(13-20-8-5-11-32-20)26-24(30)18-6-2-1-3-7-18/h1-11,13,17,19H,12,14-16H2,(H,26,30)/b21-13+. The Hall–Kier alpha value is -3.45. The molecule has 2 bridgehead atoms. The monoisotopic (exact) mass is 445 g/mol. The molecular weight excluding hydrogens is 422 g/mol. The number of thiophene rings is 1. The molecule has 3 aromatic rings. The van der Waals surface area contributed by atoms with Gasteiger partial charge in [-0.05, 0) is 48.1 Å². The Labute approximate surface area is 189 Å². The molecule has 5 rings (SSSR count). The Kier molecular flexibility index (Phi) is 5.49. The molecule has 2 atom stereocenters. The number of benzene rings is 1. The zero-order valence-corrected chi connectivity index (χ0v) is 18.3. The van der Waals surface area contributed by atoms with Crippen LogP contribution in [0.4, 0.5) is 0 Å². The molecule has 0 spiro atoms. The third-order valence-corrected chi connectivity index (χ3v) is 6.93. The Morgan fingerprint density at radius 2 is 1.81 bits per heavy atom. The van der Waals surface area contributed by atoms with Gasteiger partial charge in [-0.15, -0.1) is 11.3 Å². The summed E-state index contributed by atoms with van der Waals surface area (Å²) in [5.74, 6) is -0.161. The number of piperidine rings is 1. The number of amides is 2. The number of nitrogens with zero attached hydrogens (tertiary/aromatic N) is 2. The predicted molar refractivity (Wildman–Crippen MR) is 124 cm³/mol. The number of carbonyl (C=O) groups excluding carboxylic acids is 2. The van der Waals surface area contributed by atoms with Crippen molar-refractivity contribution >= 4 is 29.2 Å². The van der Waals surface area contributed by atoms with E-state index in [9.17, 15) is 14.4 Å². The average molecular weight is 446 g/mol. The maximum Gasteiger partial charge on any atom is 0.270 e. The van der Waals surface area contributed by atoms with Gasteiger partial charge in [-0.25, -0.2) is 0 Å². The highest BCUT2D eigenvalue weighted by Crippen LogP contribution is 2.35. The molecule has 0 radical (unpaired) electrons. The highest BCUT2D eigenvalue weighted by Gasteiger charge is 2.37. The molecule has 2 aliphatic heterocycles. The zero-order chi connectivity index (χ0) is 22.1. The summed E-state index contributed by atoms with van der Waals surface area (Å²) in [5, 5.41) is 4.78. The van der Waals surface area contributed by atoms with Crippen molar-refractivity contribution in [2.45, 2.75) is 18.9 Å². The van der Waals surface area contributed by atoms with E-state index in [1.54, 1.807) is 42.5 Å². The van der Waals surface area contributed by atoms with Crippen molar-refractivity contribution in [2.24, 2.45) is 5.92 Å². The fraction of sp³-hybridized carbons (Fsp3) is 0.240. The lowest BCUT2D eigenvalue weighted by Crippen LogP contribution is -2.50. The quantitative estimate of drug-likeness (QED) is 0.627. The van der Waals surface area contributed by atoms with Gasteiger partial charge in [-0.1, -0.05) is 30.3 Å². The summed E-state index contributed by atoms with van der Waals surface area (Å²) in [5.41, 5.74) is 1.78. The second-order valence-corrected chi connectivity index (χ2v) is 9.28. The summed E-state index contributed by atoms with van der Waals surface area (Å²) in [4.78, 5) is 41.4. The van der Waals surface area contributed by atoms with Crippen LogP contribution in [0.1, 0.15) is 33.3 Å². The van der Waals surface area contributed by atoms with E-state index in [4.69, 9.17) is 0 Å². The first-order chi connectivity index (χ1) is 15.6. The summed E-state index contributed by atoms with van der Waals surface area (Å²) >= 11 is 1.51. The summed E-state index contributed by atoms with van der Waals surface area (Å²) in [7, 11) is 0. The van der Waals surface area contributed by atoms with E-state index in [1.807, 2.05) is 39.1 Å². The van der Waals surface area contributed by atoms with Crippen LogP contribution >= 0.6 is 11.3 Å². The molecule has 6 nitrogen and oxygen atoms in total. The van der Waals surface area contributed by atoms with Crippen molar-refractivity contribution in [1.29, 1.82) is 0 Å². The average Bonchev–Trinajstić information content (AvgIpc) is 3.32. The van der Waals surface area contributed by atoms with Crippen molar-refractivity contribution in [3.05, 3.63) is 98.2 Å². The Balaban J connectivity index is 1.42. The fourth-order valence-corrected chi connectivity index (χ4v) is 5.34. The van der Waals surface area contributed by atoms with Crippen LogP contribution in [-0.4, -0.2) is 34.4 Å². The molecule has 2 amide bonds. The van der Waals surface area contributed by atoms with Gasteiger partial charge in [-0.2, -0.15) is 0 Å². The molecule has 2 aromatic heterocycles. The van der Waals surface area contributed by atoms with Crippen LogP contribution in [0.25, 0.3) is 6.08 Å². The lowest BCUT2D eigenvalue weighted by molar-refractivity contribution is -0.130. The van der Waals surface area contributed by atoms with E-state index in [2.05, 4.69) is 5.32 Å². The van der Waals surface area contributed by atoms with Crippen molar-refractivity contribution in [3.8, 4) is 0 Å². The van der Waals surface area contributed by atoms with E-state index < -0.39 is 0 Å². The molecule has 1 N–H and O–H groups in total. The van der Waals surface area contributed by atoms with Gasteiger partial charge in [0.05, 0.1) is 0 Å². The Morgan fingerprint density at radius 1 is 0.969 bits per heavy atom. The summed E-state index contributed by atoms with van der Waals surface area (Å²) in [6.07, 6.45) is 2.71. The number of pyridine rings is 1. The van der Waals surface area contributed by atoms with Crippen LogP contribution in [0.15, 0.2) is 76.5 Å². The minimum absolute atomic E-state index is 0.0189. The van der Waals surface area contributed by atoms with Crippen molar-refractivity contribution in [2.75, 3.05) is 13.1 Å². The van der Waals surface area contributed by atoms with Gasteiger partial charge in [-0.3, -0.25) is 14.4 Å². The molecule has 4 heterocycles. The lowest BCUT2D eigenvalue weighted by Gasteiger charge is -2.43. The van der Waals surface area contributed by atoms with Crippen LogP contribution in [0, 0.1) is 5.92 Å². The minimum atomic E-state index is -0.309. The SMILES string of the molecule is O=C(N/C(=C/c1cccs1)C(=O)N1CC2CC(C1)c1cccc(=O)n1C2)c1ccccc1. The number of likely N-dealkylation sites (tertiary alicyclic amines) is 1. The van der Waals surface area contributed by atoms with Gasteiger partial charge >= 0.3 is 0 Å². The topological polar surface area (TPSA) is 71.4 Å². The molecule has 1 fully saturated rings. The van der Waals surface area contributed by atoms with Crippen molar-refractivity contribution in [3.63, 3.8) is 0 Å². The van der Waals surface area contributed by atoms with Crippen LogP contribution in [0.3, 0.4) is 0 Å². The molecule has 162 valence electrons. The number of hydrogen-bond acceptors (Lipinski definition) is 4. The molecule has 1 saturated heterocycles. The van der Waals surface area contributed by atoms with E-state index in [0.717, 1.165) is 17.0 Å². The Bertz CT molecular complexity index is 1230. The van der Waals surface area contributed by atoms with Crippen molar-refractivity contribution < 1.29 is 9.59 Å². The number of nitrogens with one attached hydrogen (secondary N) is 1. The molecule has 0 aliphatic carbocycles. The maximum atomic E-state index is 13.6. The minimum Gasteiger partial charge on any atom is -0.336 e. The van der Waals surface area contributed by atoms with E-state index in [0.29, 0.717) is 25.2 Å². The third-order valence-electron chi connectivity index (χ3n) is 6.11. The van der Waals surface area contributed by atoms with Crippen LogP contribution < -0.4 is 10.9 Å². The van der Waals surface area contributed by atoms with Gasteiger partial charge in [0.2, 0.25) is 0 Å². The van der Waals surface area contributed by atoms with Crippen molar-refractivity contribution in [1.82, 2.24) is 14.8 Å². The second-order valence-electron chi connectivity index (χ2n) is 8.30. The molecular formula is C25H23N3O3S. The fourth-order valence-electron chi connectivity index (χ4n) is 4.68. The highest BCUT2D eigenvalue weighted by molar-refractivity contribution is 7.10. The van der Waals surface area contributed by atoms with E-state index in [1.165, 1.54) is 11.3 Å². The molecule has 32 heavy (non-hydrogen) atoms. The van der Waals surface area contributed by atoms with Crippen LogP contribution in [0.5, 0.6) is 0 Å². The van der Waals surface area contributed by atoms with E-state index >= 15 is 0 Å². The van der Waals surface area contributed by atoms with E-state index in [-0.39, 0.29) is 34.9 Å². The maximum absolute atomic E-state index is 13.6. The smallest absolute Gasteiger partial charge is 0.270 e. The van der Waals surface area contributed by atoms with Gasteiger partial charge in [0, 0.05) is 47.8 Å². The number of hydrogen-bond donors (Lipinski definition) is 1. The van der Waals surface area contributed by atoms with Crippen LogP contribution in [0.2, 0.25) is 0 Å². The first-order valence-electron chi connectivity index (χ1n) is 10.7. The zero-order valence-electron chi connectivity index (χ0n) is 17.4. The first kappa shape index (κ1) is 20.5. The van der Waals surface area contributed by atoms with Gasteiger partial charge < -0.3 is 14.8 Å². The van der Waals surface area contributed by atoms with Gasteiger partial charge in [0.15, 0.2) is 0 Å². The van der Waals surface area contributed by atoms with Gasteiger partial charge in [0.25, 0.3) is 17.4 Å².